The summed E-state index contributed by atoms with van der Waals surface area (Å²) in [5.74, 6) is 1.87. The Morgan fingerprint density at radius 3 is 2.40 bits per heavy atom. The molecule has 0 unspecified atom stereocenters. The molecular weight excluding hydrogens is 250 g/mol. The van der Waals surface area contributed by atoms with E-state index in [2.05, 4.69) is 40.4 Å². The van der Waals surface area contributed by atoms with Gasteiger partial charge in [0.05, 0.1) is 11.4 Å². The van der Waals surface area contributed by atoms with Gasteiger partial charge in [-0.1, -0.05) is 20.8 Å². The van der Waals surface area contributed by atoms with E-state index in [4.69, 9.17) is 5.73 Å². The molecular formula is C15H29N5. The average molecular weight is 279 g/mol. The van der Waals surface area contributed by atoms with Crippen LogP contribution >= 0.6 is 0 Å². The smallest absolute Gasteiger partial charge is 0.150 e. The van der Waals surface area contributed by atoms with Crippen molar-refractivity contribution < 1.29 is 0 Å². The van der Waals surface area contributed by atoms with Gasteiger partial charge >= 0.3 is 0 Å². The van der Waals surface area contributed by atoms with E-state index < -0.39 is 0 Å². The lowest BCUT2D eigenvalue weighted by Crippen LogP contribution is -2.48. The van der Waals surface area contributed by atoms with E-state index >= 15 is 0 Å². The lowest BCUT2D eigenvalue weighted by molar-refractivity contribution is 0.230. The Morgan fingerprint density at radius 1 is 1.20 bits per heavy atom. The zero-order valence-electron chi connectivity index (χ0n) is 13.4. The number of aromatic nitrogens is 2. The first-order chi connectivity index (χ1) is 9.52. The van der Waals surface area contributed by atoms with Crippen LogP contribution in [0.15, 0.2) is 0 Å². The molecule has 5 heteroatoms. The molecule has 0 radical (unpaired) electrons. The molecule has 0 aliphatic carbocycles. The molecule has 1 fully saturated rings. The van der Waals surface area contributed by atoms with Gasteiger partial charge in [-0.25, -0.2) is 4.68 Å². The van der Waals surface area contributed by atoms with Crippen molar-refractivity contribution in [1.29, 1.82) is 0 Å². The summed E-state index contributed by atoms with van der Waals surface area (Å²) in [6.45, 7) is 15.2. The summed E-state index contributed by atoms with van der Waals surface area (Å²) in [6.07, 6.45) is 1.08. The Labute approximate surface area is 122 Å². The number of nitrogens with two attached hydrogens (primary N) is 1. The van der Waals surface area contributed by atoms with Crippen molar-refractivity contribution in [3.8, 4) is 0 Å². The topological polar surface area (TPSA) is 50.3 Å². The van der Waals surface area contributed by atoms with E-state index in [9.17, 15) is 0 Å². The SMILES string of the molecule is CCCn1nc(C)c(N)c1N1CCN(CC(C)C)CC1. The molecule has 2 N–H and O–H groups in total. The number of hydrogen-bond acceptors (Lipinski definition) is 4. The van der Waals surface area contributed by atoms with Crippen LogP contribution < -0.4 is 10.6 Å². The highest BCUT2D eigenvalue weighted by molar-refractivity contribution is 5.66. The summed E-state index contributed by atoms with van der Waals surface area (Å²) in [5, 5.41) is 4.58. The Kier molecular flexibility index (Phi) is 4.91. The maximum Gasteiger partial charge on any atom is 0.150 e. The highest BCUT2D eigenvalue weighted by Crippen LogP contribution is 2.27. The van der Waals surface area contributed by atoms with Crippen molar-refractivity contribution >= 4 is 11.5 Å². The number of nitrogen functional groups attached to an aromatic ring is 1. The van der Waals surface area contributed by atoms with Gasteiger partial charge in [-0.3, -0.25) is 4.90 Å². The second-order valence-corrected chi connectivity index (χ2v) is 6.23. The van der Waals surface area contributed by atoms with Crippen molar-refractivity contribution in [2.75, 3.05) is 43.4 Å². The van der Waals surface area contributed by atoms with Crippen molar-refractivity contribution in [3.63, 3.8) is 0 Å². The zero-order chi connectivity index (χ0) is 14.7. The number of piperazine rings is 1. The monoisotopic (exact) mass is 279 g/mol. The van der Waals surface area contributed by atoms with Crippen LogP contribution in [0, 0.1) is 12.8 Å². The molecule has 0 bridgehead atoms. The number of rotatable bonds is 5. The maximum absolute atomic E-state index is 6.24. The molecule has 0 aromatic carbocycles. The minimum absolute atomic E-state index is 0.736. The van der Waals surface area contributed by atoms with Crippen molar-refractivity contribution in [1.82, 2.24) is 14.7 Å². The minimum atomic E-state index is 0.736. The van der Waals surface area contributed by atoms with Gasteiger partial charge in [-0.2, -0.15) is 5.10 Å². The Hall–Kier alpha value is -1.23. The van der Waals surface area contributed by atoms with Crippen LogP contribution in [-0.4, -0.2) is 47.4 Å². The van der Waals surface area contributed by atoms with Crippen molar-refractivity contribution in [3.05, 3.63) is 5.69 Å². The molecule has 2 rings (SSSR count). The average Bonchev–Trinajstić information content (AvgIpc) is 2.66. The highest BCUT2D eigenvalue weighted by atomic mass is 15.4. The molecule has 0 saturated carbocycles. The van der Waals surface area contributed by atoms with E-state index in [1.807, 2.05) is 6.92 Å². The number of aryl methyl sites for hydroxylation is 2. The Morgan fingerprint density at radius 2 is 1.85 bits per heavy atom. The molecule has 0 amide bonds. The van der Waals surface area contributed by atoms with E-state index in [-0.39, 0.29) is 0 Å². The van der Waals surface area contributed by atoms with Crippen molar-refractivity contribution in [2.24, 2.45) is 5.92 Å². The van der Waals surface area contributed by atoms with Crippen LogP contribution in [0.1, 0.15) is 32.9 Å². The molecule has 20 heavy (non-hydrogen) atoms. The van der Waals surface area contributed by atoms with Gasteiger partial charge in [0.15, 0.2) is 5.82 Å². The Balaban J connectivity index is 2.06. The van der Waals surface area contributed by atoms with Crippen LogP contribution in [0.5, 0.6) is 0 Å². The van der Waals surface area contributed by atoms with E-state index in [0.29, 0.717) is 0 Å². The molecule has 2 heterocycles. The third-order valence-corrected chi connectivity index (χ3v) is 3.88. The van der Waals surface area contributed by atoms with Gasteiger partial charge in [0, 0.05) is 39.3 Å². The van der Waals surface area contributed by atoms with E-state index in [1.54, 1.807) is 0 Å². The van der Waals surface area contributed by atoms with E-state index in [1.165, 1.54) is 6.54 Å². The molecule has 1 aromatic rings. The molecule has 1 aliphatic rings. The largest absolute Gasteiger partial charge is 0.394 e. The fourth-order valence-electron chi connectivity index (χ4n) is 2.94. The molecule has 1 aromatic heterocycles. The normalized spacial score (nSPS) is 17.1. The summed E-state index contributed by atoms with van der Waals surface area (Å²) >= 11 is 0. The lowest BCUT2D eigenvalue weighted by atomic mass is 10.2. The first kappa shape index (κ1) is 15.2. The van der Waals surface area contributed by atoms with E-state index in [0.717, 1.165) is 62.3 Å². The quantitative estimate of drug-likeness (QED) is 0.895. The summed E-state index contributed by atoms with van der Waals surface area (Å²) in [5.41, 5.74) is 8.06. The summed E-state index contributed by atoms with van der Waals surface area (Å²) in [6, 6.07) is 0. The third-order valence-electron chi connectivity index (χ3n) is 3.88. The molecule has 0 atom stereocenters. The second kappa shape index (κ2) is 6.48. The van der Waals surface area contributed by atoms with Gasteiger partial charge in [0.2, 0.25) is 0 Å². The van der Waals surface area contributed by atoms with Crippen molar-refractivity contribution in [2.45, 2.75) is 40.7 Å². The predicted molar refractivity (Wildman–Crippen MR) is 85.2 cm³/mol. The van der Waals surface area contributed by atoms with Gasteiger partial charge < -0.3 is 10.6 Å². The van der Waals surface area contributed by atoms with Gasteiger partial charge in [0.25, 0.3) is 0 Å². The lowest BCUT2D eigenvalue weighted by Gasteiger charge is -2.37. The van der Waals surface area contributed by atoms with Crippen LogP contribution in [0.2, 0.25) is 0 Å². The second-order valence-electron chi connectivity index (χ2n) is 6.23. The Bertz CT molecular complexity index is 430. The molecule has 0 spiro atoms. The fraction of sp³-hybridized carbons (Fsp3) is 0.800. The zero-order valence-corrected chi connectivity index (χ0v) is 13.4. The van der Waals surface area contributed by atoms with Gasteiger partial charge in [-0.05, 0) is 19.3 Å². The van der Waals surface area contributed by atoms with Crippen LogP contribution in [-0.2, 0) is 6.54 Å². The number of hydrogen-bond donors (Lipinski definition) is 1. The fourth-order valence-corrected chi connectivity index (χ4v) is 2.94. The third kappa shape index (κ3) is 3.26. The molecule has 114 valence electrons. The predicted octanol–water partition coefficient (Wildman–Crippen LogP) is 1.96. The summed E-state index contributed by atoms with van der Waals surface area (Å²) in [4.78, 5) is 4.95. The highest BCUT2D eigenvalue weighted by Gasteiger charge is 2.23. The summed E-state index contributed by atoms with van der Waals surface area (Å²) < 4.78 is 2.09. The minimum Gasteiger partial charge on any atom is -0.394 e. The standard InChI is InChI=1S/C15H29N5/c1-5-6-20-15(14(16)13(4)17-20)19-9-7-18(8-10-19)11-12(2)3/h12H,5-11,16H2,1-4H3. The first-order valence-electron chi connectivity index (χ1n) is 7.83. The summed E-state index contributed by atoms with van der Waals surface area (Å²) in [7, 11) is 0. The maximum atomic E-state index is 6.24. The molecule has 5 nitrogen and oxygen atoms in total. The first-order valence-corrected chi connectivity index (χ1v) is 7.83. The molecule has 1 aliphatic heterocycles. The van der Waals surface area contributed by atoms with Crippen LogP contribution in [0.3, 0.4) is 0 Å². The van der Waals surface area contributed by atoms with Gasteiger partial charge in [0.1, 0.15) is 0 Å². The number of nitrogens with zero attached hydrogens (tertiary/aromatic N) is 4. The molecule has 1 saturated heterocycles. The van der Waals surface area contributed by atoms with Crippen LogP contribution in [0.4, 0.5) is 11.5 Å². The van der Waals surface area contributed by atoms with Gasteiger partial charge in [-0.15, -0.1) is 0 Å². The number of anilines is 2. The van der Waals surface area contributed by atoms with Crippen LogP contribution in [0.25, 0.3) is 0 Å².